The third-order valence-corrected chi connectivity index (χ3v) is 8.55. The summed E-state index contributed by atoms with van der Waals surface area (Å²) in [6.07, 6.45) is 1.70. The van der Waals surface area contributed by atoms with E-state index in [9.17, 15) is 18.0 Å². The summed E-state index contributed by atoms with van der Waals surface area (Å²) in [5.74, 6) is -0.917. The van der Waals surface area contributed by atoms with E-state index in [2.05, 4.69) is 5.32 Å². The summed E-state index contributed by atoms with van der Waals surface area (Å²) in [4.78, 5) is 28.1. The molecule has 0 heterocycles. The number of hydrogen-bond acceptors (Lipinski definition) is 4. The first-order valence-corrected chi connectivity index (χ1v) is 14.2. The van der Waals surface area contributed by atoms with Gasteiger partial charge in [-0.15, -0.1) is 0 Å². The predicted octanol–water partition coefficient (Wildman–Crippen LogP) is 4.56. The molecule has 0 aromatic heterocycles. The number of carbonyl (C=O) groups excluding carboxylic acids is 2. The molecule has 0 saturated carbocycles. The number of anilines is 1. The van der Waals surface area contributed by atoms with Crippen molar-refractivity contribution in [3.8, 4) is 0 Å². The minimum atomic E-state index is -4.05. The fourth-order valence-electron chi connectivity index (χ4n) is 3.66. The molecule has 0 aliphatic rings. The van der Waals surface area contributed by atoms with Crippen LogP contribution in [-0.2, 0) is 26.3 Å². The van der Waals surface area contributed by atoms with Crippen molar-refractivity contribution in [1.82, 2.24) is 14.5 Å². The van der Waals surface area contributed by atoms with Crippen LogP contribution in [0.5, 0.6) is 0 Å². The molecule has 0 radical (unpaired) electrons. The Hall–Kier alpha value is -2.33. The van der Waals surface area contributed by atoms with E-state index < -0.39 is 28.7 Å². The Labute approximate surface area is 230 Å². The number of halogens is 2. The van der Waals surface area contributed by atoms with Crippen LogP contribution < -0.4 is 9.62 Å². The Morgan fingerprint density at radius 3 is 2.24 bits per heavy atom. The van der Waals surface area contributed by atoms with Crippen LogP contribution in [0.4, 0.5) is 5.69 Å². The summed E-state index contributed by atoms with van der Waals surface area (Å²) in [6.45, 7) is 7.13. The van der Waals surface area contributed by atoms with Crippen molar-refractivity contribution in [2.24, 2.45) is 0 Å². The van der Waals surface area contributed by atoms with Gasteiger partial charge in [0.2, 0.25) is 11.8 Å². The Bertz CT molecular complexity index is 1200. The topological polar surface area (TPSA) is 90.0 Å². The van der Waals surface area contributed by atoms with Gasteiger partial charge in [0.1, 0.15) is 12.6 Å². The molecule has 0 fully saturated rings. The van der Waals surface area contributed by atoms with E-state index in [1.807, 2.05) is 19.9 Å². The maximum Gasteiger partial charge on any atom is 0.304 e. The van der Waals surface area contributed by atoms with E-state index in [4.69, 9.17) is 23.2 Å². The number of rotatable bonds is 12. The molecule has 0 bridgehead atoms. The van der Waals surface area contributed by atoms with E-state index in [0.29, 0.717) is 33.4 Å². The maximum atomic E-state index is 13.8. The van der Waals surface area contributed by atoms with Gasteiger partial charge in [-0.05, 0) is 56.5 Å². The van der Waals surface area contributed by atoms with Gasteiger partial charge < -0.3 is 10.2 Å². The Morgan fingerprint density at radius 1 is 1.05 bits per heavy atom. The monoisotopic (exact) mass is 570 g/mol. The van der Waals surface area contributed by atoms with Gasteiger partial charge in [-0.2, -0.15) is 12.7 Å². The third kappa shape index (κ3) is 7.83. The van der Waals surface area contributed by atoms with Crippen LogP contribution in [0.1, 0.15) is 43.4 Å². The molecular formula is C26H36Cl2N4O4S. The minimum Gasteiger partial charge on any atom is -0.354 e. The molecule has 11 heteroatoms. The molecule has 8 nitrogen and oxygen atoms in total. The van der Waals surface area contributed by atoms with E-state index in [1.54, 1.807) is 44.2 Å². The lowest BCUT2D eigenvalue weighted by atomic mass is 10.1. The zero-order valence-electron chi connectivity index (χ0n) is 22.2. The largest absolute Gasteiger partial charge is 0.354 e. The zero-order valence-corrected chi connectivity index (χ0v) is 24.5. The second-order valence-electron chi connectivity index (χ2n) is 9.13. The molecular weight excluding hydrogens is 535 g/mol. The lowest BCUT2D eigenvalue weighted by molar-refractivity contribution is -0.139. The Kier molecular flexibility index (Phi) is 11.2. The maximum absolute atomic E-state index is 13.8. The van der Waals surface area contributed by atoms with Crippen molar-refractivity contribution in [2.75, 3.05) is 31.5 Å². The molecule has 2 aromatic rings. The van der Waals surface area contributed by atoms with Crippen molar-refractivity contribution in [1.29, 1.82) is 0 Å². The number of aryl methyl sites for hydroxylation is 2. The van der Waals surface area contributed by atoms with Crippen LogP contribution in [0.3, 0.4) is 0 Å². The average molecular weight is 572 g/mol. The third-order valence-electron chi connectivity index (χ3n) is 6.04. The minimum absolute atomic E-state index is 0.0671. The second kappa shape index (κ2) is 13.5. The van der Waals surface area contributed by atoms with Crippen molar-refractivity contribution in [3.63, 3.8) is 0 Å². The predicted molar refractivity (Wildman–Crippen MR) is 150 cm³/mol. The van der Waals surface area contributed by atoms with Gasteiger partial charge in [-0.3, -0.25) is 9.59 Å². The Balaban J connectivity index is 2.53. The molecule has 0 spiro atoms. The zero-order chi connectivity index (χ0) is 27.9. The summed E-state index contributed by atoms with van der Waals surface area (Å²) in [5.41, 5.74) is 2.39. The number of carbonyl (C=O) groups is 2. The van der Waals surface area contributed by atoms with E-state index in [-0.39, 0.29) is 12.5 Å². The molecule has 204 valence electrons. The molecule has 37 heavy (non-hydrogen) atoms. The van der Waals surface area contributed by atoms with Crippen LogP contribution in [-0.4, -0.2) is 62.7 Å². The van der Waals surface area contributed by atoms with Gasteiger partial charge >= 0.3 is 10.2 Å². The molecule has 0 aliphatic heterocycles. The van der Waals surface area contributed by atoms with E-state index >= 15 is 0 Å². The van der Waals surface area contributed by atoms with Crippen molar-refractivity contribution < 1.29 is 18.0 Å². The summed E-state index contributed by atoms with van der Waals surface area (Å²) in [5, 5.41) is 3.53. The molecule has 2 amide bonds. The lowest BCUT2D eigenvalue weighted by Crippen LogP contribution is -2.52. The van der Waals surface area contributed by atoms with Crippen molar-refractivity contribution >= 4 is 50.9 Å². The second-order valence-corrected chi connectivity index (χ2v) is 12.0. The summed E-state index contributed by atoms with van der Waals surface area (Å²) in [7, 11) is -1.23. The SMILES string of the molecule is CCCCNC(=O)[C@@H](C)N(Cc1c(Cl)cccc1Cl)C(=O)CN(c1cc(C)ccc1C)S(=O)(=O)N(C)C. The molecule has 0 saturated heterocycles. The highest BCUT2D eigenvalue weighted by molar-refractivity contribution is 7.90. The Morgan fingerprint density at radius 2 is 1.68 bits per heavy atom. The van der Waals surface area contributed by atoms with Gasteiger partial charge in [-0.1, -0.05) is 54.7 Å². The normalized spacial score (nSPS) is 12.4. The summed E-state index contributed by atoms with van der Waals surface area (Å²) >= 11 is 12.8. The average Bonchev–Trinajstić information content (AvgIpc) is 2.83. The van der Waals surface area contributed by atoms with Crippen LogP contribution in [0.2, 0.25) is 10.0 Å². The summed E-state index contributed by atoms with van der Waals surface area (Å²) in [6, 6.07) is 9.48. The fraction of sp³-hybridized carbons (Fsp3) is 0.462. The smallest absolute Gasteiger partial charge is 0.304 e. The lowest BCUT2D eigenvalue weighted by Gasteiger charge is -2.33. The van der Waals surface area contributed by atoms with Crippen LogP contribution in [0, 0.1) is 13.8 Å². The molecule has 0 aliphatic carbocycles. The first-order chi connectivity index (χ1) is 17.3. The highest BCUT2D eigenvalue weighted by atomic mass is 35.5. The van der Waals surface area contributed by atoms with Gasteiger partial charge in [0.25, 0.3) is 0 Å². The fourth-order valence-corrected chi connectivity index (χ4v) is 5.29. The first-order valence-electron chi connectivity index (χ1n) is 12.1. The van der Waals surface area contributed by atoms with Gasteiger partial charge in [0, 0.05) is 42.8 Å². The number of hydrogen-bond donors (Lipinski definition) is 1. The van der Waals surface area contributed by atoms with Crippen LogP contribution in [0.25, 0.3) is 0 Å². The van der Waals surface area contributed by atoms with Gasteiger partial charge in [-0.25, -0.2) is 4.31 Å². The van der Waals surface area contributed by atoms with E-state index in [0.717, 1.165) is 27.0 Å². The number of unbranched alkanes of at least 4 members (excludes halogenated alkanes) is 1. The molecule has 0 unspecified atom stereocenters. The molecule has 2 aromatic carbocycles. The highest BCUT2D eigenvalue weighted by Crippen LogP contribution is 2.28. The molecule has 1 atom stereocenters. The van der Waals surface area contributed by atoms with Crippen LogP contribution in [0.15, 0.2) is 36.4 Å². The number of nitrogens with zero attached hydrogens (tertiary/aromatic N) is 3. The summed E-state index contributed by atoms with van der Waals surface area (Å²) < 4.78 is 28.8. The number of benzene rings is 2. The standard InChI is InChI=1S/C26H36Cl2N4O4S/c1-7-8-14-29-26(34)20(4)31(16-21-22(27)10-9-11-23(21)28)25(33)17-32(37(35,36)30(5)6)24-15-18(2)12-13-19(24)3/h9-13,15,20H,7-8,14,16-17H2,1-6H3,(H,29,34)/t20-/m1/s1. The van der Waals surface area contributed by atoms with Gasteiger partial charge in [0.15, 0.2) is 0 Å². The van der Waals surface area contributed by atoms with Gasteiger partial charge in [0.05, 0.1) is 5.69 Å². The molecule has 2 rings (SSSR count). The quantitative estimate of drug-likeness (QED) is 0.379. The van der Waals surface area contributed by atoms with E-state index in [1.165, 1.54) is 19.0 Å². The highest BCUT2D eigenvalue weighted by Gasteiger charge is 2.33. The van der Waals surface area contributed by atoms with Crippen molar-refractivity contribution in [3.05, 3.63) is 63.1 Å². The number of amides is 2. The van der Waals surface area contributed by atoms with Crippen LogP contribution >= 0.6 is 23.2 Å². The van der Waals surface area contributed by atoms with Crippen molar-refractivity contribution in [2.45, 2.75) is 53.1 Å². The number of nitrogens with one attached hydrogen (secondary N) is 1. The first kappa shape index (κ1) is 30.9. The molecule has 1 N–H and O–H groups in total.